The first kappa shape index (κ1) is 15.5. The Labute approximate surface area is 124 Å². The zero-order chi connectivity index (χ0) is 15.3. The molecule has 1 fully saturated rings. The first-order chi connectivity index (χ1) is 10.1. The summed E-state index contributed by atoms with van der Waals surface area (Å²) in [5, 5.41) is 12.7. The van der Waals surface area contributed by atoms with Gasteiger partial charge in [0.1, 0.15) is 11.6 Å². The third-order valence-electron chi connectivity index (χ3n) is 3.98. The van der Waals surface area contributed by atoms with Crippen molar-refractivity contribution in [1.29, 1.82) is 0 Å². The summed E-state index contributed by atoms with van der Waals surface area (Å²) in [6.45, 7) is 4.62. The third kappa shape index (κ3) is 3.83. The molecule has 0 amide bonds. The van der Waals surface area contributed by atoms with E-state index in [4.69, 9.17) is 4.74 Å². The predicted octanol–water partition coefficient (Wildman–Crippen LogP) is 2.63. The summed E-state index contributed by atoms with van der Waals surface area (Å²) in [4.78, 5) is 20.1. The van der Waals surface area contributed by atoms with Crippen LogP contribution in [0.4, 0.5) is 5.82 Å². The second-order valence-corrected chi connectivity index (χ2v) is 5.57. The summed E-state index contributed by atoms with van der Waals surface area (Å²) in [6.07, 6.45) is 4.51. The van der Waals surface area contributed by atoms with Gasteiger partial charge in [0.05, 0.1) is 12.0 Å². The number of aromatic nitrogens is 2. The van der Waals surface area contributed by atoms with E-state index in [1.807, 2.05) is 6.92 Å². The van der Waals surface area contributed by atoms with Crippen LogP contribution >= 0.6 is 0 Å². The number of hydrogen-bond donors (Lipinski definition) is 2. The van der Waals surface area contributed by atoms with Gasteiger partial charge in [0, 0.05) is 12.6 Å². The summed E-state index contributed by atoms with van der Waals surface area (Å²) in [5.41, 5.74) is -0.678. The molecule has 1 aromatic heterocycles. The number of ether oxygens (including phenoxy) is 1. The molecule has 1 heterocycles. The fourth-order valence-electron chi connectivity index (χ4n) is 2.81. The molecule has 21 heavy (non-hydrogen) atoms. The molecule has 0 radical (unpaired) electrons. The number of aliphatic carboxylic acids is 1. The van der Waals surface area contributed by atoms with Crippen LogP contribution in [0.25, 0.3) is 0 Å². The van der Waals surface area contributed by atoms with E-state index in [1.54, 1.807) is 13.0 Å². The molecule has 6 heteroatoms. The smallest absolute Gasteiger partial charge is 0.311 e. The van der Waals surface area contributed by atoms with Crippen molar-refractivity contribution in [2.75, 3.05) is 18.5 Å². The Morgan fingerprint density at radius 2 is 2.10 bits per heavy atom. The van der Waals surface area contributed by atoms with Crippen LogP contribution in [-0.2, 0) is 4.79 Å². The molecule has 0 unspecified atom stereocenters. The van der Waals surface area contributed by atoms with E-state index in [1.165, 1.54) is 0 Å². The van der Waals surface area contributed by atoms with Gasteiger partial charge in [-0.05, 0) is 26.7 Å². The van der Waals surface area contributed by atoms with Gasteiger partial charge in [0.25, 0.3) is 0 Å². The maximum atomic E-state index is 11.6. The summed E-state index contributed by atoms with van der Waals surface area (Å²) in [6, 6.07) is 1.72. The molecular formula is C15H23N3O3. The molecule has 1 saturated carbocycles. The van der Waals surface area contributed by atoms with E-state index in [-0.39, 0.29) is 0 Å². The Morgan fingerprint density at radius 1 is 1.38 bits per heavy atom. The molecule has 1 aliphatic rings. The van der Waals surface area contributed by atoms with Gasteiger partial charge in [-0.3, -0.25) is 4.79 Å². The zero-order valence-electron chi connectivity index (χ0n) is 12.7. The van der Waals surface area contributed by atoms with E-state index in [0.29, 0.717) is 30.7 Å². The molecule has 1 aromatic rings. The number of rotatable bonds is 6. The van der Waals surface area contributed by atoms with Crippen molar-refractivity contribution in [2.45, 2.75) is 46.0 Å². The monoisotopic (exact) mass is 293 g/mol. The average molecular weight is 293 g/mol. The molecule has 0 atom stereocenters. The lowest BCUT2D eigenvalue weighted by Crippen LogP contribution is -2.39. The molecule has 0 spiro atoms. The minimum absolute atomic E-state index is 0.393. The molecule has 2 N–H and O–H groups in total. The van der Waals surface area contributed by atoms with Crippen molar-refractivity contribution in [2.24, 2.45) is 5.41 Å². The van der Waals surface area contributed by atoms with E-state index in [0.717, 1.165) is 32.1 Å². The van der Waals surface area contributed by atoms with Crippen LogP contribution in [0.5, 0.6) is 5.88 Å². The molecule has 6 nitrogen and oxygen atoms in total. The number of hydrogen-bond acceptors (Lipinski definition) is 5. The van der Waals surface area contributed by atoms with Gasteiger partial charge in [0.2, 0.25) is 5.88 Å². The van der Waals surface area contributed by atoms with Crippen LogP contribution in [-0.4, -0.2) is 34.2 Å². The molecule has 0 saturated heterocycles. The van der Waals surface area contributed by atoms with Crippen LogP contribution < -0.4 is 10.1 Å². The lowest BCUT2D eigenvalue weighted by Gasteiger charge is -2.33. The van der Waals surface area contributed by atoms with Crippen molar-refractivity contribution >= 4 is 11.8 Å². The van der Waals surface area contributed by atoms with Crippen molar-refractivity contribution in [3.8, 4) is 5.88 Å². The van der Waals surface area contributed by atoms with Gasteiger partial charge in [-0.15, -0.1) is 0 Å². The highest BCUT2D eigenvalue weighted by Gasteiger charge is 2.39. The van der Waals surface area contributed by atoms with Gasteiger partial charge in [-0.25, -0.2) is 4.98 Å². The van der Waals surface area contributed by atoms with Gasteiger partial charge < -0.3 is 15.2 Å². The van der Waals surface area contributed by atoms with Crippen LogP contribution in [0.15, 0.2) is 6.07 Å². The molecule has 0 aromatic carbocycles. The minimum Gasteiger partial charge on any atom is -0.481 e. The van der Waals surface area contributed by atoms with Crippen molar-refractivity contribution in [3.05, 3.63) is 11.9 Å². The molecule has 1 aliphatic carbocycles. The second kappa shape index (κ2) is 6.74. The van der Waals surface area contributed by atoms with E-state index in [9.17, 15) is 9.90 Å². The highest BCUT2D eigenvalue weighted by molar-refractivity contribution is 5.75. The quantitative estimate of drug-likeness (QED) is 0.838. The number of aryl methyl sites for hydroxylation is 1. The number of carboxylic acids is 1. The Balaban J connectivity index is 2.08. The van der Waals surface area contributed by atoms with Gasteiger partial charge >= 0.3 is 5.97 Å². The topological polar surface area (TPSA) is 84.3 Å². The first-order valence-corrected chi connectivity index (χ1v) is 7.51. The van der Waals surface area contributed by atoms with Gasteiger partial charge in [-0.2, -0.15) is 4.98 Å². The normalized spacial score (nSPS) is 17.2. The van der Waals surface area contributed by atoms with Gasteiger partial charge in [-0.1, -0.05) is 19.3 Å². The number of nitrogens with zero attached hydrogens (tertiary/aromatic N) is 2. The van der Waals surface area contributed by atoms with Crippen molar-refractivity contribution in [1.82, 2.24) is 9.97 Å². The lowest BCUT2D eigenvalue weighted by atomic mass is 9.74. The summed E-state index contributed by atoms with van der Waals surface area (Å²) >= 11 is 0. The Morgan fingerprint density at radius 3 is 2.71 bits per heavy atom. The largest absolute Gasteiger partial charge is 0.481 e. The standard InChI is InChI=1S/C15H23N3O3/c1-3-21-13-9-12(17-11(2)18-13)16-10-15(14(19)20)7-5-4-6-8-15/h9H,3-8,10H2,1-2H3,(H,19,20)(H,16,17,18). The molecular weight excluding hydrogens is 270 g/mol. The van der Waals surface area contributed by atoms with Crippen LogP contribution in [0.3, 0.4) is 0 Å². The number of anilines is 1. The third-order valence-corrected chi connectivity index (χ3v) is 3.98. The van der Waals surface area contributed by atoms with Crippen LogP contribution in [0.2, 0.25) is 0 Å². The predicted molar refractivity (Wildman–Crippen MR) is 79.6 cm³/mol. The zero-order valence-corrected chi connectivity index (χ0v) is 12.7. The van der Waals surface area contributed by atoms with Crippen molar-refractivity contribution < 1.29 is 14.6 Å². The molecule has 0 bridgehead atoms. The Bertz CT molecular complexity index is 499. The number of carbonyl (C=O) groups is 1. The Kier molecular flexibility index (Phi) is 4.98. The summed E-state index contributed by atoms with van der Waals surface area (Å²) in [7, 11) is 0. The minimum atomic E-state index is -0.717. The molecule has 2 rings (SSSR count). The number of nitrogens with one attached hydrogen (secondary N) is 1. The molecule has 0 aliphatic heterocycles. The molecule has 116 valence electrons. The summed E-state index contributed by atoms with van der Waals surface area (Å²) in [5.74, 6) is 1.03. The SMILES string of the molecule is CCOc1cc(NCC2(C(=O)O)CCCCC2)nc(C)n1. The number of carboxylic acid groups (broad SMARTS) is 1. The van der Waals surface area contributed by atoms with E-state index < -0.39 is 11.4 Å². The summed E-state index contributed by atoms with van der Waals surface area (Å²) < 4.78 is 5.38. The Hall–Kier alpha value is -1.85. The van der Waals surface area contributed by atoms with Crippen LogP contribution in [0.1, 0.15) is 44.9 Å². The average Bonchev–Trinajstić information content (AvgIpc) is 2.46. The maximum absolute atomic E-state index is 11.6. The van der Waals surface area contributed by atoms with Crippen LogP contribution in [0, 0.1) is 12.3 Å². The van der Waals surface area contributed by atoms with E-state index in [2.05, 4.69) is 15.3 Å². The van der Waals surface area contributed by atoms with Gasteiger partial charge in [0.15, 0.2) is 0 Å². The fourth-order valence-corrected chi connectivity index (χ4v) is 2.81. The lowest BCUT2D eigenvalue weighted by molar-refractivity contribution is -0.150. The highest BCUT2D eigenvalue weighted by atomic mass is 16.5. The highest BCUT2D eigenvalue weighted by Crippen LogP contribution is 2.36. The fraction of sp³-hybridized carbons (Fsp3) is 0.667. The first-order valence-electron chi connectivity index (χ1n) is 7.51. The maximum Gasteiger partial charge on any atom is 0.311 e. The van der Waals surface area contributed by atoms with Crippen molar-refractivity contribution in [3.63, 3.8) is 0 Å². The second-order valence-electron chi connectivity index (χ2n) is 5.57. The van der Waals surface area contributed by atoms with E-state index >= 15 is 0 Å².